The van der Waals surface area contributed by atoms with E-state index in [0.717, 1.165) is 21.8 Å². The summed E-state index contributed by atoms with van der Waals surface area (Å²) in [4.78, 5) is 29.5. The van der Waals surface area contributed by atoms with Crippen molar-refractivity contribution in [2.75, 3.05) is 13.7 Å². The van der Waals surface area contributed by atoms with Crippen LogP contribution in [0.3, 0.4) is 0 Å². The topological polar surface area (TPSA) is 119 Å². The maximum atomic E-state index is 13.2. The molecule has 0 aliphatic rings. The van der Waals surface area contributed by atoms with Crippen LogP contribution in [0, 0.1) is 5.92 Å². The van der Waals surface area contributed by atoms with Gasteiger partial charge in [0.2, 0.25) is 5.88 Å². The van der Waals surface area contributed by atoms with E-state index in [1.54, 1.807) is 29.7 Å². The number of nitrogens with zero attached hydrogens (tertiary/aromatic N) is 2. The highest BCUT2D eigenvalue weighted by Gasteiger charge is 2.26. The number of hydrogen-bond acceptors (Lipinski definition) is 7. The molecule has 2 heterocycles. The molecule has 0 bridgehead atoms. The highest BCUT2D eigenvalue weighted by Crippen LogP contribution is 2.38. The average molecular weight is 615 g/mol. The van der Waals surface area contributed by atoms with Gasteiger partial charge in [0, 0.05) is 27.6 Å². The van der Waals surface area contributed by atoms with Gasteiger partial charge in [0.15, 0.2) is 6.29 Å². The van der Waals surface area contributed by atoms with Crippen molar-refractivity contribution in [1.82, 2.24) is 19.6 Å². The molecule has 0 radical (unpaired) electrons. The summed E-state index contributed by atoms with van der Waals surface area (Å²) < 4.78 is 35.7. The summed E-state index contributed by atoms with van der Waals surface area (Å²) in [6.07, 6.45) is 1.38. The first-order chi connectivity index (χ1) is 19.6. The third-order valence-corrected chi connectivity index (χ3v) is 9.54. The summed E-state index contributed by atoms with van der Waals surface area (Å²) in [5, 5.41) is 2.83. The van der Waals surface area contributed by atoms with Crippen molar-refractivity contribution in [1.29, 1.82) is 0 Å². The second kappa shape index (κ2) is 12.9. The van der Waals surface area contributed by atoms with E-state index < -0.39 is 16.1 Å². The van der Waals surface area contributed by atoms with Gasteiger partial charge in [0.25, 0.3) is 10.0 Å². The van der Waals surface area contributed by atoms with Crippen molar-refractivity contribution < 1.29 is 22.7 Å². The Morgan fingerprint density at radius 1 is 1.15 bits per heavy atom. The zero-order chi connectivity index (χ0) is 29.7. The third-order valence-electron chi connectivity index (χ3n) is 6.17. The Balaban J connectivity index is 1.75. The summed E-state index contributed by atoms with van der Waals surface area (Å²) in [5.74, 6) is 1.06. The van der Waals surface area contributed by atoms with Gasteiger partial charge in [0.05, 0.1) is 13.7 Å². The molecule has 0 fully saturated rings. The molecule has 2 amide bonds. The number of urea groups is 1. The van der Waals surface area contributed by atoms with E-state index in [1.165, 1.54) is 7.11 Å². The number of carbonyl (C=O) groups excluding carboxylic acids is 2. The quantitative estimate of drug-likeness (QED) is 0.200. The van der Waals surface area contributed by atoms with Gasteiger partial charge in [-0.05, 0) is 42.5 Å². The normalized spacial score (nSPS) is 11.5. The van der Waals surface area contributed by atoms with E-state index in [0.29, 0.717) is 46.2 Å². The molecule has 0 saturated carbocycles. The molecule has 2 N–H and O–H groups in total. The van der Waals surface area contributed by atoms with E-state index in [4.69, 9.17) is 16.3 Å². The van der Waals surface area contributed by atoms with Crippen LogP contribution >= 0.6 is 22.9 Å². The number of nitrogens with one attached hydrogen (secondary N) is 2. The Hall–Kier alpha value is -3.67. The number of thiophene rings is 1. The monoisotopic (exact) mass is 614 g/mol. The molecule has 2 aromatic carbocycles. The van der Waals surface area contributed by atoms with Crippen LogP contribution in [0.25, 0.3) is 22.5 Å². The molecule has 0 saturated heterocycles. The number of benzene rings is 2. The van der Waals surface area contributed by atoms with Gasteiger partial charge in [-0.2, -0.15) is 4.98 Å². The van der Waals surface area contributed by atoms with Crippen LogP contribution in [0.5, 0.6) is 5.88 Å². The third kappa shape index (κ3) is 6.80. The Morgan fingerprint density at radius 3 is 2.49 bits per heavy atom. The van der Waals surface area contributed by atoms with E-state index in [2.05, 4.69) is 28.9 Å². The number of methoxy groups -OCH3 is 1. The predicted octanol–water partition coefficient (Wildman–Crippen LogP) is 6.01. The predicted molar refractivity (Wildman–Crippen MR) is 161 cm³/mol. The average Bonchev–Trinajstić information content (AvgIpc) is 3.51. The molecule has 9 nitrogen and oxygen atoms in total. The molecular formula is C29H31ClN4O5S2. The number of sulfonamides is 1. The first kappa shape index (κ1) is 30.3. The number of rotatable bonds is 11. The van der Waals surface area contributed by atoms with E-state index in [9.17, 15) is 18.0 Å². The van der Waals surface area contributed by atoms with Crippen LogP contribution in [0.4, 0.5) is 4.79 Å². The minimum Gasteiger partial charge on any atom is -0.479 e. The van der Waals surface area contributed by atoms with Gasteiger partial charge in [-0.1, -0.05) is 67.9 Å². The minimum atomic E-state index is -4.14. The fourth-order valence-electron chi connectivity index (χ4n) is 4.38. The molecule has 0 aliphatic heterocycles. The highest BCUT2D eigenvalue weighted by molar-refractivity contribution is 7.92. The first-order valence-electron chi connectivity index (χ1n) is 12.9. The number of aromatic nitrogens is 2. The Kier molecular flexibility index (Phi) is 9.52. The second-order valence-corrected chi connectivity index (χ2v) is 13.1. The molecule has 216 valence electrons. The van der Waals surface area contributed by atoms with Crippen molar-refractivity contribution in [2.45, 2.75) is 37.9 Å². The van der Waals surface area contributed by atoms with Gasteiger partial charge in [0.1, 0.15) is 15.7 Å². The number of amides is 2. The molecule has 12 heteroatoms. The number of hydrogen-bond donors (Lipinski definition) is 2. The van der Waals surface area contributed by atoms with E-state index >= 15 is 0 Å². The van der Waals surface area contributed by atoms with Crippen molar-refractivity contribution in [2.24, 2.45) is 5.92 Å². The smallest absolute Gasteiger partial charge is 0.328 e. The van der Waals surface area contributed by atoms with Gasteiger partial charge in [-0.3, -0.25) is 4.79 Å². The lowest BCUT2D eigenvalue weighted by molar-refractivity contribution is 0.111. The van der Waals surface area contributed by atoms with Crippen molar-refractivity contribution >= 4 is 45.3 Å². The summed E-state index contributed by atoms with van der Waals surface area (Å²) in [5.41, 5.74) is 2.81. The largest absolute Gasteiger partial charge is 0.479 e. The Labute approximate surface area is 248 Å². The van der Waals surface area contributed by atoms with Crippen LogP contribution < -0.4 is 14.8 Å². The van der Waals surface area contributed by atoms with Crippen molar-refractivity contribution in [3.8, 4) is 28.4 Å². The van der Waals surface area contributed by atoms with Crippen LogP contribution in [0.15, 0.2) is 58.8 Å². The molecule has 0 atom stereocenters. The molecule has 0 unspecified atom stereocenters. The zero-order valence-electron chi connectivity index (χ0n) is 23.1. The van der Waals surface area contributed by atoms with Crippen LogP contribution in [-0.2, 0) is 23.0 Å². The summed E-state index contributed by atoms with van der Waals surface area (Å²) in [6.45, 7) is 6.31. The SMILES string of the molecule is CCNC(=O)NS(=O)(=O)c1sc(CC(C)C)cc1-c1ccc(Cn2c(-c3ccccc3)nc(OC)c2C=O)c(Cl)c1. The zero-order valence-corrected chi connectivity index (χ0v) is 25.5. The van der Waals surface area contributed by atoms with E-state index in [-0.39, 0.29) is 28.9 Å². The van der Waals surface area contributed by atoms with Gasteiger partial charge < -0.3 is 14.6 Å². The number of aldehydes is 1. The van der Waals surface area contributed by atoms with E-state index in [1.807, 2.05) is 36.4 Å². The number of halogens is 1. The minimum absolute atomic E-state index is 0.0390. The number of carbonyl (C=O) groups is 2. The standard InChI is InChI=1S/C29H31ClN4O5S2/c1-5-31-29(36)33-41(37,38)28-23(15-22(40-28)13-18(2)3)20-11-12-21(24(30)14-20)16-34-25(17-35)27(39-4)32-26(34)19-9-7-6-8-10-19/h6-12,14-15,17-18H,5,13,16H2,1-4H3,(H2,31,33,36). The van der Waals surface area contributed by atoms with Crippen molar-refractivity contribution in [3.05, 3.63) is 75.8 Å². The number of imidazole rings is 1. The lowest BCUT2D eigenvalue weighted by Crippen LogP contribution is -2.39. The Bertz CT molecular complexity index is 1660. The van der Waals surface area contributed by atoms with Crippen LogP contribution in [0.2, 0.25) is 5.02 Å². The van der Waals surface area contributed by atoms with Crippen LogP contribution in [0.1, 0.15) is 41.7 Å². The van der Waals surface area contributed by atoms with Gasteiger partial charge in [-0.25, -0.2) is 17.9 Å². The highest BCUT2D eigenvalue weighted by atomic mass is 35.5. The molecule has 4 aromatic rings. The maximum Gasteiger partial charge on any atom is 0.328 e. The fraction of sp³-hybridized carbons (Fsp3) is 0.276. The molecule has 0 aliphatic carbocycles. The number of ether oxygens (including phenoxy) is 1. The molecule has 41 heavy (non-hydrogen) atoms. The second-order valence-electron chi connectivity index (χ2n) is 9.68. The van der Waals surface area contributed by atoms with Gasteiger partial charge in [-0.15, -0.1) is 11.3 Å². The summed E-state index contributed by atoms with van der Waals surface area (Å²) in [7, 11) is -2.69. The maximum absolute atomic E-state index is 13.2. The van der Waals surface area contributed by atoms with Crippen molar-refractivity contribution in [3.63, 3.8) is 0 Å². The molecule has 2 aromatic heterocycles. The molecule has 0 spiro atoms. The first-order valence-corrected chi connectivity index (χ1v) is 15.6. The Morgan fingerprint density at radius 2 is 1.88 bits per heavy atom. The molecular weight excluding hydrogens is 584 g/mol. The van der Waals surface area contributed by atoms with Crippen LogP contribution in [-0.4, -0.2) is 43.9 Å². The lowest BCUT2D eigenvalue weighted by Gasteiger charge is -2.13. The lowest BCUT2D eigenvalue weighted by atomic mass is 10.0. The summed E-state index contributed by atoms with van der Waals surface area (Å²) >= 11 is 7.90. The summed E-state index contributed by atoms with van der Waals surface area (Å²) in [6, 6.07) is 15.7. The fourth-order valence-corrected chi connectivity index (χ4v) is 7.50. The van der Waals surface area contributed by atoms with Gasteiger partial charge >= 0.3 is 6.03 Å². The molecule has 4 rings (SSSR count).